The first-order valence-corrected chi connectivity index (χ1v) is 9.93. The maximum absolute atomic E-state index is 13.9. The molecule has 0 atom stereocenters. The number of hydrogen-bond donors (Lipinski definition) is 3. The Morgan fingerprint density at radius 1 is 1.10 bits per heavy atom. The fourth-order valence-corrected chi connectivity index (χ4v) is 3.77. The van der Waals surface area contributed by atoms with Crippen LogP contribution in [0.5, 0.6) is 0 Å². The lowest BCUT2D eigenvalue weighted by Gasteiger charge is -2.11. The van der Waals surface area contributed by atoms with Gasteiger partial charge in [-0.2, -0.15) is 13.2 Å². The molecular weight excluding hydrogens is 487 g/mol. The van der Waals surface area contributed by atoms with Crippen LogP contribution in [0.15, 0.2) is 52.1 Å². The van der Waals surface area contributed by atoms with Gasteiger partial charge in [0.1, 0.15) is 6.61 Å². The first-order chi connectivity index (χ1) is 14.3. The molecule has 4 aromatic rings. The number of aromatic amines is 2. The summed E-state index contributed by atoms with van der Waals surface area (Å²) in [6, 6.07) is 11.8. The van der Waals surface area contributed by atoms with E-state index in [-0.39, 0.29) is 17.9 Å². The Kier molecular flexibility index (Phi) is 5.52. The van der Waals surface area contributed by atoms with Gasteiger partial charge in [0.2, 0.25) is 0 Å². The number of aliphatic hydroxyl groups is 1. The Morgan fingerprint density at radius 2 is 1.90 bits per heavy atom. The van der Waals surface area contributed by atoms with Gasteiger partial charge in [0, 0.05) is 36.9 Å². The van der Waals surface area contributed by atoms with E-state index >= 15 is 0 Å². The highest BCUT2D eigenvalue weighted by molar-refractivity contribution is 9.10. The summed E-state index contributed by atoms with van der Waals surface area (Å²) in [5.41, 5.74) is 0.472. The summed E-state index contributed by atoms with van der Waals surface area (Å²) in [6.45, 7) is -0.807. The van der Waals surface area contributed by atoms with Gasteiger partial charge in [-0.15, -0.1) is 0 Å². The smallest absolute Gasteiger partial charge is 0.393 e. The minimum absolute atomic E-state index is 0.152. The number of aromatic nitrogens is 2. The van der Waals surface area contributed by atoms with Crippen molar-refractivity contribution in [3.05, 3.63) is 57.5 Å². The molecule has 2 aromatic carbocycles. The third kappa shape index (κ3) is 3.92. The molecule has 2 heterocycles. The molecule has 0 aliphatic carbocycles. The monoisotopic (exact) mass is 499 g/mol. The summed E-state index contributed by atoms with van der Waals surface area (Å²) in [5, 5.41) is 13.8. The highest BCUT2D eigenvalue weighted by atomic mass is 79.9. The minimum atomic E-state index is -4.79. The Labute approximate surface area is 181 Å². The van der Waals surface area contributed by atoms with Crippen LogP contribution in [0.4, 0.5) is 13.2 Å². The zero-order valence-corrected chi connectivity index (χ0v) is 17.5. The van der Waals surface area contributed by atoms with E-state index in [9.17, 15) is 13.2 Å². The number of halogens is 5. The van der Waals surface area contributed by atoms with Crippen LogP contribution in [0.1, 0.15) is 5.56 Å². The number of oxime groups is 1. The van der Waals surface area contributed by atoms with Crippen molar-refractivity contribution in [1.82, 2.24) is 9.97 Å². The predicted molar refractivity (Wildman–Crippen MR) is 114 cm³/mol. The van der Waals surface area contributed by atoms with Gasteiger partial charge < -0.3 is 19.9 Å². The summed E-state index contributed by atoms with van der Waals surface area (Å²) in [5.74, 6) is 0. The highest BCUT2D eigenvalue weighted by Gasteiger charge is 2.41. The van der Waals surface area contributed by atoms with Gasteiger partial charge in [-0.3, -0.25) is 0 Å². The maximum atomic E-state index is 13.9. The van der Waals surface area contributed by atoms with E-state index in [1.807, 2.05) is 0 Å². The van der Waals surface area contributed by atoms with E-state index in [0.717, 1.165) is 5.39 Å². The summed E-state index contributed by atoms with van der Waals surface area (Å²) < 4.78 is 42.5. The Bertz CT molecular complexity index is 1260. The normalized spacial score (nSPS) is 12.8. The van der Waals surface area contributed by atoms with E-state index < -0.39 is 18.5 Å². The predicted octanol–water partition coefficient (Wildman–Crippen LogP) is 6.01. The van der Waals surface area contributed by atoms with Crippen LogP contribution in [0.25, 0.3) is 33.2 Å². The second-order valence-corrected chi connectivity index (χ2v) is 7.83. The van der Waals surface area contributed by atoms with Crippen LogP contribution in [-0.4, -0.2) is 40.2 Å². The van der Waals surface area contributed by atoms with Gasteiger partial charge in [0.25, 0.3) is 0 Å². The standard InChI is InChI=1S/C20H14BrClF3N3O2/c21-11-2-4-13-15(8-11)27-18(16-7-10-1-3-12(22)9-14(10)26-16)17(13)19(20(23,24)25)28-30-6-5-29/h1-4,7-9,26-27,29H,5-6H2. The number of alkyl halides is 3. The van der Waals surface area contributed by atoms with Crippen molar-refractivity contribution in [2.45, 2.75) is 6.18 Å². The van der Waals surface area contributed by atoms with Gasteiger partial charge in [0.15, 0.2) is 5.71 Å². The molecule has 0 unspecified atom stereocenters. The quantitative estimate of drug-likeness (QED) is 0.178. The molecule has 0 bridgehead atoms. The number of aliphatic hydroxyl groups excluding tert-OH is 1. The summed E-state index contributed by atoms with van der Waals surface area (Å²) in [6.07, 6.45) is -4.79. The lowest BCUT2D eigenvalue weighted by atomic mass is 10.0. The number of H-pyrrole nitrogens is 2. The molecule has 0 aliphatic heterocycles. The third-order valence-electron chi connectivity index (χ3n) is 4.46. The fraction of sp³-hybridized carbons (Fsp3) is 0.150. The molecule has 30 heavy (non-hydrogen) atoms. The molecule has 156 valence electrons. The van der Waals surface area contributed by atoms with Crippen molar-refractivity contribution in [3.8, 4) is 11.4 Å². The van der Waals surface area contributed by atoms with Gasteiger partial charge in [-0.1, -0.05) is 44.8 Å². The third-order valence-corrected chi connectivity index (χ3v) is 5.19. The molecule has 0 amide bonds. The molecule has 0 aliphatic rings. The van der Waals surface area contributed by atoms with Gasteiger partial charge >= 0.3 is 6.18 Å². The molecule has 5 nitrogen and oxygen atoms in total. The zero-order valence-electron chi connectivity index (χ0n) is 15.1. The molecule has 0 fully saturated rings. The van der Waals surface area contributed by atoms with Crippen LogP contribution < -0.4 is 0 Å². The van der Waals surface area contributed by atoms with Crippen LogP contribution in [0, 0.1) is 0 Å². The Hall–Kier alpha value is -2.49. The number of benzene rings is 2. The van der Waals surface area contributed by atoms with Crippen molar-refractivity contribution in [1.29, 1.82) is 0 Å². The van der Waals surface area contributed by atoms with Gasteiger partial charge in [-0.25, -0.2) is 0 Å². The second-order valence-electron chi connectivity index (χ2n) is 6.47. The minimum Gasteiger partial charge on any atom is -0.393 e. The molecule has 3 N–H and O–H groups in total. The number of fused-ring (bicyclic) bond motifs is 2. The Morgan fingerprint density at radius 3 is 2.63 bits per heavy atom. The van der Waals surface area contributed by atoms with Gasteiger partial charge in [-0.05, 0) is 30.3 Å². The number of nitrogens with zero attached hydrogens (tertiary/aromatic N) is 1. The summed E-state index contributed by atoms with van der Waals surface area (Å²) in [7, 11) is 0. The first kappa shape index (κ1) is 20.8. The lowest BCUT2D eigenvalue weighted by Crippen LogP contribution is -2.25. The first-order valence-electron chi connectivity index (χ1n) is 8.76. The number of nitrogens with one attached hydrogen (secondary N) is 2. The topological polar surface area (TPSA) is 73.4 Å². The Balaban J connectivity index is 1.99. The second kappa shape index (κ2) is 7.98. The number of hydrogen-bond acceptors (Lipinski definition) is 3. The number of rotatable bonds is 5. The van der Waals surface area contributed by atoms with Crippen LogP contribution in [0.2, 0.25) is 5.02 Å². The van der Waals surface area contributed by atoms with Crippen LogP contribution in [-0.2, 0) is 4.84 Å². The van der Waals surface area contributed by atoms with Gasteiger partial charge in [0.05, 0.1) is 18.0 Å². The molecule has 0 spiro atoms. The molecule has 2 aromatic heterocycles. The average Bonchev–Trinajstić information content (AvgIpc) is 3.24. The molecular formula is C20H14BrClF3N3O2. The summed E-state index contributed by atoms with van der Waals surface area (Å²) >= 11 is 9.37. The molecule has 4 rings (SSSR count). The van der Waals surface area contributed by atoms with E-state index in [4.69, 9.17) is 21.5 Å². The van der Waals surface area contributed by atoms with Crippen molar-refractivity contribution < 1.29 is 23.1 Å². The van der Waals surface area contributed by atoms with Crippen LogP contribution in [0.3, 0.4) is 0 Å². The fourth-order valence-electron chi connectivity index (χ4n) is 3.24. The highest BCUT2D eigenvalue weighted by Crippen LogP contribution is 2.37. The van der Waals surface area contributed by atoms with E-state index in [2.05, 4.69) is 31.1 Å². The molecule has 0 saturated carbocycles. The van der Waals surface area contributed by atoms with E-state index in [1.54, 1.807) is 42.5 Å². The largest absolute Gasteiger partial charge is 0.437 e. The van der Waals surface area contributed by atoms with E-state index in [0.29, 0.717) is 31.6 Å². The van der Waals surface area contributed by atoms with Crippen molar-refractivity contribution in [2.75, 3.05) is 13.2 Å². The lowest BCUT2D eigenvalue weighted by molar-refractivity contribution is -0.0617. The molecule has 0 saturated heterocycles. The van der Waals surface area contributed by atoms with Crippen molar-refractivity contribution >= 4 is 55.0 Å². The van der Waals surface area contributed by atoms with Crippen molar-refractivity contribution in [2.24, 2.45) is 5.16 Å². The maximum Gasteiger partial charge on any atom is 0.437 e. The van der Waals surface area contributed by atoms with Crippen molar-refractivity contribution in [3.63, 3.8) is 0 Å². The zero-order chi connectivity index (χ0) is 21.5. The summed E-state index contributed by atoms with van der Waals surface area (Å²) in [4.78, 5) is 10.9. The molecule has 0 radical (unpaired) electrons. The van der Waals surface area contributed by atoms with E-state index in [1.165, 1.54) is 0 Å². The average molecular weight is 501 g/mol. The SMILES string of the molecule is OCCON=C(c1c(-c2cc3ccc(Cl)cc3[nH]2)[nH]c2cc(Br)ccc12)C(F)(F)F. The van der Waals surface area contributed by atoms with Crippen LogP contribution >= 0.6 is 27.5 Å². The molecule has 10 heteroatoms.